The van der Waals surface area contributed by atoms with Gasteiger partial charge in [-0.15, -0.1) is 0 Å². The molecule has 0 amide bonds. The number of ether oxygens (including phenoxy) is 2. The summed E-state index contributed by atoms with van der Waals surface area (Å²) in [6.07, 6.45) is -11.5. The minimum Gasteiger partial charge on any atom is -0.395 e. The molecule has 0 unspecified atom stereocenters. The predicted octanol–water partition coefficient (Wildman–Crippen LogP) is -5.78. The van der Waals surface area contributed by atoms with E-state index in [4.69, 9.17) is 19.7 Å². The maximum absolute atomic E-state index is 9.94. The van der Waals surface area contributed by atoms with Gasteiger partial charge in [0.1, 0.15) is 30.5 Å². The highest BCUT2D eigenvalue weighted by Crippen LogP contribution is 2.23. The lowest BCUT2D eigenvalue weighted by Crippen LogP contribution is -2.67. The molecule has 0 aliphatic carbocycles. The molecular weight excluding hydrogens is 330 g/mol. The Balaban J connectivity index is 1.96. The van der Waals surface area contributed by atoms with Gasteiger partial charge in [-0.1, -0.05) is 0 Å². The van der Waals surface area contributed by atoms with Gasteiger partial charge < -0.3 is 55.6 Å². The Morgan fingerprint density at radius 2 is 1.29 bits per heavy atom. The standard InChI is InChI=1S/C13H25NO10/c15-1-4-7(17)10(20)8(18)5(14-4)3-23-13-12(22)11(21)9(19)6(2-16)24-13/h4-22H,1-3H2/t4-,5-,6+,7-,8+,9+,10+,11-,12+,13+/m0/s1. The molecule has 0 radical (unpaired) electrons. The Morgan fingerprint density at radius 1 is 0.708 bits per heavy atom. The van der Waals surface area contributed by atoms with Crippen LogP contribution in [0.4, 0.5) is 0 Å². The van der Waals surface area contributed by atoms with Gasteiger partial charge in [-0.2, -0.15) is 0 Å². The van der Waals surface area contributed by atoms with Crippen molar-refractivity contribution in [2.45, 2.75) is 61.1 Å². The molecule has 2 fully saturated rings. The average molecular weight is 355 g/mol. The fraction of sp³-hybridized carbons (Fsp3) is 1.00. The van der Waals surface area contributed by atoms with Crippen LogP contribution in [-0.2, 0) is 9.47 Å². The van der Waals surface area contributed by atoms with Crippen molar-refractivity contribution in [2.75, 3.05) is 19.8 Å². The molecule has 0 aromatic rings. The van der Waals surface area contributed by atoms with E-state index < -0.39 is 74.3 Å². The molecule has 9 N–H and O–H groups in total. The Kier molecular flexibility index (Phi) is 6.87. The molecule has 10 atom stereocenters. The van der Waals surface area contributed by atoms with E-state index in [2.05, 4.69) is 5.32 Å². The average Bonchev–Trinajstić information content (AvgIpc) is 2.58. The van der Waals surface area contributed by atoms with E-state index in [1.54, 1.807) is 0 Å². The van der Waals surface area contributed by atoms with E-state index in [0.717, 1.165) is 0 Å². The van der Waals surface area contributed by atoms with E-state index in [1.807, 2.05) is 0 Å². The van der Waals surface area contributed by atoms with Crippen LogP contribution in [0, 0.1) is 0 Å². The fourth-order valence-electron chi connectivity index (χ4n) is 2.86. The first-order valence-corrected chi connectivity index (χ1v) is 7.65. The molecule has 2 aliphatic rings. The molecule has 2 saturated heterocycles. The smallest absolute Gasteiger partial charge is 0.186 e. The number of hydrogen-bond acceptors (Lipinski definition) is 11. The summed E-state index contributed by atoms with van der Waals surface area (Å²) in [4.78, 5) is 0. The van der Waals surface area contributed by atoms with E-state index in [-0.39, 0.29) is 6.61 Å². The monoisotopic (exact) mass is 355 g/mol. The second kappa shape index (κ2) is 8.29. The summed E-state index contributed by atoms with van der Waals surface area (Å²) in [5.41, 5.74) is 0. The van der Waals surface area contributed by atoms with Crippen LogP contribution in [0.15, 0.2) is 0 Å². The summed E-state index contributed by atoms with van der Waals surface area (Å²) in [5.74, 6) is 0. The predicted molar refractivity (Wildman–Crippen MR) is 75.5 cm³/mol. The molecule has 11 heteroatoms. The van der Waals surface area contributed by atoms with Crippen LogP contribution in [0.1, 0.15) is 0 Å². The fourth-order valence-corrected chi connectivity index (χ4v) is 2.86. The van der Waals surface area contributed by atoms with Gasteiger partial charge in [0.25, 0.3) is 0 Å². The third kappa shape index (κ3) is 3.86. The largest absolute Gasteiger partial charge is 0.395 e. The zero-order valence-corrected chi connectivity index (χ0v) is 12.8. The molecule has 2 aliphatic heterocycles. The first kappa shape index (κ1) is 19.9. The topological polar surface area (TPSA) is 192 Å². The summed E-state index contributed by atoms with van der Waals surface area (Å²) in [7, 11) is 0. The van der Waals surface area contributed by atoms with E-state index in [9.17, 15) is 30.6 Å². The first-order chi connectivity index (χ1) is 11.3. The number of piperidine rings is 1. The third-order valence-electron chi connectivity index (χ3n) is 4.44. The zero-order chi connectivity index (χ0) is 18.0. The molecule has 0 aromatic carbocycles. The number of nitrogens with one attached hydrogen (secondary N) is 1. The van der Waals surface area contributed by atoms with Crippen molar-refractivity contribution in [2.24, 2.45) is 0 Å². The molecule has 0 aromatic heterocycles. The van der Waals surface area contributed by atoms with Crippen LogP contribution < -0.4 is 5.32 Å². The highest BCUT2D eigenvalue weighted by molar-refractivity contribution is 4.98. The number of rotatable bonds is 5. The third-order valence-corrected chi connectivity index (χ3v) is 4.44. The lowest BCUT2D eigenvalue weighted by atomic mass is 9.91. The molecule has 24 heavy (non-hydrogen) atoms. The molecule has 142 valence electrons. The molecule has 0 bridgehead atoms. The Labute approximate surface area is 137 Å². The van der Waals surface area contributed by atoms with Gasteiger partial charge in [-0.05, 0) is 0 Å². The second-order valence-electron chi connectivity index (χ2n) is 6.06. The van der Waals surface area contributed by atoms with Crippen molar-refractivity contribution in [3.63, 3.8) is 0 Å². The lowest BCUT2D eigenvalue weighted by molar-refractivity contribution is -0.304. The van der Waals surface area contributed by atoms with Crippen LogP contribution in [0.2, 0.25) is 0 Å². The molecule has 0 spiro atoms. The van der Waals surface area contributed by atoms with Gasteiger partial charge in [0.15, 0.2) is 6.29 Å². The Bertz CT molecular complexity index is 361. The van der Waals surface area contributed by atoms with Gasteiger partial charge in [0, 0.05) is 0 Å². The normalized spacial score (nSPS) is 50.0. The summed E-state index contributed by atoms with van der Waals surface area (Å²) in [6.45, 7) is -1.39. The van der Waals surface area contributed by atoms with Gasteiger partial charge in [0.05, 0.1) is 44.1 Å². The van der Waals surface area contributed by atoms with Crippen molar-refractivity contribution in [3.8, 4) is 0 Å². The van der Waals surface area contributed by atoms with Gasteiger partial charge in [-0.3, -0.25) is 0 Å². The zero-order valence-electron chi connectivity index (χ0n) is 12.8. The molecule has 2 heterocycles. The van der Waals surface area contributed by atoms with Crippen LogP contribution in [-0.4, -0.2) is 122 Å². The quantitative estimate of drug-likeness (QED) is 0.228. The van der Waals surface area contributed by atoms with E-state index in [0.29, 0.717) is 0 Å². The first-order valence-electron chi connectivity index (χ1n) is 7.65. The van der Waals surface area contributed by atoms with Gasteiger partial charge in [0.2, 0.25) is 0 Å². The van der Waals surface area contributed by atoms with Crippen LogP contribution in [0.5, 0.6) is 0 Å². The van der Waals surface area contributed by atoms with Crippen LogP contribution >= 0.6 is 0 Å². The molecule has 2 rings (SSSR count). The summed E-state index contributed by atoms with van der Waals surface area (Å²) in [5, 5.41) is 79.6. The van der Waals surface area contributed by atoms with Crippen molar-refractivity contribution in [1.29, 1.82) is 0 Å². The molecule has 0 saturated carbocycles. The minimum atomic E-state index is -1.59. The highest BCUT2D eigenvalue weighted by Gasteiger charge is 2.46. The number of aliphatic hydroxyl groups excluding tert-OH is 8. The molecular formula is C13H25NO10. The number of aliphatic hydroxyl groups is 8. The van der Waals surface area contributed by atoms with E-state index >= 15 is 0 Å². The lowest BCUT2D eigenvalue weighted by Gasteiger charge is -2.43. The Hall–Kier alpha value is -0.440. The van der Waals surface area contributed by atoms with Crippen molar-refractivity contribution >= 4 is 0 Å². The summed E-state index contributed by atoms with van der Waals surface area (Å²) >= 11 is 0. The van der Waals surface area contributed by atoms with Crippen LogP contribution in [0.3, 0.4) is 0 Å². The van der Waals surface area contributed by atoms with Gasteiger partial charge >= 0.3 is 0 Å². The Morgan fingerprint density at radius 3 is 1.88 bits per heavy atom. The maximum atomic E-state index is 9.94. The molecule has 11 nitrogen and oxygen atoms in total. The summed E-state index contributed by atoms with van der Waals surface area (Å²) < 4.78 is 10.4. The van der Waals surface area contributed by atoms with Gasteiger partial charge in [-0.25, -0.2) is 0 Å². The summed E-state index contributed by atoms with van der Waals surface area (Å²) in [6, 6.07) is -1.78. The second-order valence-corrected chi connectivity index (χ2v) is 6.06. The van der Waals surface area contributed by atoms with Crippen molar-refractivity contribution in [3.05, 3.63) is 0 Å². The highest BCUT2D eigenvalue weighted by atomic mass is 16.7. The number of hydrogen-bond donors (Lipinski definition) is 9. The SMILES string of the molecule is OC[C@@H]1N[C@@H](CO[C@@H]2O[C@H](CO)[C@@H](O)[C@H](O)[C@H]2O)[C@@H](O)[C@H](O)[C@H]1O. The van der Waals surface area contributed by atoms with Crippen molar-refractivity contribution < 1.29 is 50.3 Å². The maximum Gasteiger partial charge on any atom is 0.186 e. The van der Waals surface area contributed by atoms with E-state index in [1.165, 1.54) is 0 Å². The minimum absolute atomic E-state index is 0.301. The van der Waals surface area contributed by atoms with Crippen molar-refractivity contribution in [1.82, 2.24) is 5.32 Å². The van der Waals surface area contributed by atoms with Crippen LogP contribution in [0.25, 0.3) is 0 Å².